The number of carbonyl (C=O) groups excluding carboxylic acids is 1. The number of amides is 1. The number of benzene rings is 1. The zero-order chi connectivity index (χ0) is 12.1. The van der Waals surface area contributed by atoms with E-state index in [1.54, 1.807) is 6.07 Å². The van der Waals surface area contributed by atoms with Gasteiger partial charge >= 0.3 is 0 Å². The molecule has 0 fully saturated rings. The summed E-state index contributed by atoms with van der Waals surface area (Å²) in [6, 6.07) is 4.53. The van der Waals surface area contributed by atoms with Gasteiger partial charge in [-0.1, -0.05) is 18.5 Å². The Morgan fingerprint density at radius 1 is 1.62 bits per heavy atom. The van der Waals surface area contributed by atoms with Gasteiger partial charge in [-0.15, -0.1) is 0 Å². The van der Waals surface area contributed by atoms with Gasteiger partial charge in [0.2, 0.25) is 5.91 Å². The maximum atomic E-state index is 11.5. The van der Waals surface area contributed by atoms with E-state index in [0.717, 1.165) is 0 Å². The van der Waals surface area contributed by atoms with Crippen molar-refractivity contribution in [3.05, 3.63) is 23.2 Å². The molecule has 0 aliphatic rings. The third kappa shape index (κ3) is 3.72. The molecule has 1 atom stereocenters. The van der Waals surface area contributed by atoms with Crippen LogP contribution in [0.2, 0.25) is 5.02 Å². The highest BCUT2D eigenvalue weighted by atomic mass is 35.5. The lowest BCUT2D eigenvalue weighted by atomic mass is 10.1. The van der Waals surface area contributed by atoms with Gasteiger partial charge in [0.15, 0.2) is 0 Å². The molecule has 0 radical (unpaired) electrons. The molecule has 1 aromatic carbocycles. The van der Waals surface area contributed by atoms with Crippen LogP contribution in [0.1, 0.15) is 13.3 Å². The highest BCUT2D eigenvalue weighted by molar-refractivity contribution is 6.32. The van der Waals surface area contributed by atoms with E-state index >= 15 is 0 Å². The molecule has 1 rings (SSSR count). The lowest BCUT2D eigenvalue weighted by Crippen LogP contribution is -2.20. The molecule has 16 heavy (non-hydrogen) atoms. The molecule has 4 N–H and O–H groups in total. The zero-order valence-corrected chi connectivity index (χ0v) is 9.79. The average Bonchev–Trinajstić information content (AvgIpc) is 2.23. The molecule has 0 aromatic heterocycles. The second-order valence-corrected chi connectivity index (χ2v) is 4.17. The van der Waals surface area contributed by atoms with E-state index in [1.807, 2.05) is 6.92 Å². The zero-order valence-electron chi connectivity index (χ0n) is 9.03. The normalized spacial score (nSPS) is 12.2. The molecule has 88 valence electrons. The van der Waals surface area contributed by atoms with Crippen LogP contribution in [0.3, 0.4) is 0 Å². The number of hydrogen-bond donors (Lipinski definition) is 3. The first-order valence-electron chi connectivity index (χ1n) is 5.01. The summed E-state index contributed by atoms with van der Waals surface area (Å²) in [5, 5.41) is 12.1. The Bertz CT molecular complexity index is 382. The molecule has 0 heterocycles. The third-order valence-electron chi connectivity index (χ3n) is 2.17. The van der Waals surface area contributed by atoms with Crippen molar-refractivity contribution in [3.8, 4) is 5.75 Å². The van der Waals surface area contributed by atoms with Crippen molar-refractivity contribution in [2.24, 2.45) is 11.7 Å². The van der Waals surface area contributed by atoms with Crippen LogP contribution >= 0.6 is 11.6 Å². The molecule has 0 aliphatic heterocycles. The van der Waals surface area contributed by atoms with Crippen LogP contribution in [0.5, 0.6) is 5.75 Å². The first kappa shape index (κ1) is 12.8. The molecule has 5 heteroatoms. The molecule has 0 spiro atoms. The Balaban J connectivity index is 2.59. The quantitative estimate of drug-likeness (QED) is 0.707. The van der Waals surface area contributed by atoms with Crippen molar-refractivity contribution < 1.29 is 9.90 Å². The lowest BCUT2D eigenvalue weighted by molar-refractivity contribution is -0.116. The van der Waals surface area contributed by atoms with Crippen molar-refractivity contribution >= 4 is 23.2 Å². The van der Waals surface area contributed by atoms with Gasteiger partial charge in [-0.3, -0.25) is 4.79 Å². The summed E-state index contributed by atoms with van der Waals surface area (Å²) in [7, 11) is 0. The van der Waals surface area contributed by atoms with E-state index in [-0.39, 0.29) is 22.6 Å². The van der Waals surface area contributed by atoms with Gasteiger partial charge in [-0.05, 0) is 30.7 Å². The van der Waals surface area contributed by atoms with E-state index in [0.29, 0.717) is 18.7 Å². The van der Waals surface area contributed by atoms with E-state index in [1.165, 1.54) is 12.1 Å². The van der Waals surface area contributed by atoms with Crippen molar-refractivity contribution in [1.29, 1.82) is 0 Å². The number of carbonyl (C=O) groups is 1. The molecule has 0 aliphatic carbocycles. The predicted molar refractivity (Wildman–Crippen MR) is 64.6 cm³/mol. The fourth-order valence-electron chi connectivity index (χ4n) is 1.20. The van der Waals surface area contributed by atoms with Crippen molar-refractivity contribution in [1.82, 2.24) is 0 Å². The van der Waals surface area contributed by atoms with Crippen molar-refractivity contribution in [2.75, 3.05) is 11.9 Å². The maximum absolute atomic E-state index is 11.5. The van der Waals surface area contributed by atoms with Gasteiger partial charge in [0.1, 0.15) is 5.75 Å². The Kier molecular flexibility index (Phi) is 4.58. The fraction of sp³-hybridized carbons (Fsp3) is 0.364. The number of nitrogens with one attached hydrogen (secondary N) is 1. The molecule has 0 bridgehead atoms. The number of aromatic hydroxyl groups is 1. The van der Waals surface area contributed by atoms with Crippen LogP contribution in [-0.2, 0) is 4.79 Å². The smallest absolute Gasteiger partial charge is 0.224 e. The monoisotopic (exact) mass is 242 g/mol. The number of rotatable bonds is 4. The summed E-state index contributed by atoms with van der Waals surface area (Å²) in [5.74, 6) is 0.0299. The summed E-state index contributed by atoms with van der Waals surface area (Å²) >= 11 is 5.71. The van der Waals surface area contributed by atoms with Crippen LogP contribution in [-0.4, -0.2) is 17.6 Å². The topological polar surface area (TPSA) is 75.4 Å². The second kappa shape index (κ2) is 5.72. The minimum atomic E-state index is -0.111. The van der Waals surface area contributed by atoms with Gasteiger partial charge in [0.25, 0.3) is 0 Å². The van der Waals surface area contributed by atoms with Crippen LogP contribution in [0, 0.1) is 5.92 Å². The summed E-state index contributed by atoms with van der Waals surface area (Å²) in [5.41, 5.74) is 5.99. The number of hydrogen-bond acceptors (Lipinski definition) is 3. The first-order valence-corrected chi connectivity index (χ1v) is 5.39. The standard InChI is InChI=1S/C11H15ClN2O2/c1-7(6-13)4-11(16)14-8-2-3-10(15)9(12)5-8/h2-3,5,7,15H,4,6,13H2,1H3,(H,14,16). The van der Waals surface area contributed by atoms with Crippen LogP contribution in [0.25, 0.3) is 0 Å². The highest BCUT2D eigenvalue weighted by Gasteiger charge is 2.08. The molecule has 1 unspecified atom stereocenters. The SMILES string of the molecule is CC(CN)CC(=O)Nc1ccc(O)c(Cl)c1. The average molecular weight is 243 g/mol. The molecule has 1 aromatic rings. The van der Waals surface area contributed by atoms with Gasteiger partial charge in [0.05, 0.1) is 5.02 Å². The summed E-state index contributed by atoms with van der Waals surface area (Å²) in [6.45, 7) is 2.38. The van der Waals surface area contributed by atoms with Crippen LogP contribution in [0.15, 0.2) is 18.2 Å². The summed E-state index contributed by atoms with van der Waals surface area (Å²) < 4.78 is 0. The minimum absolute atomic E-state index is 0.00464. The van der Waals surface area contributed by atoms with Gasteiger partial charge in [-0.2, -0.15) is 0 Å². The fourth-order valence-corrected chi connectivity index (χ4v) is 1.38. The van der Waals surface area contributed by atoms with Crippen molar-refractivity contribution in [3.63, 3.8) is 0 Å². The lowest BCUT2D eigenvalue weighted by Gasteiger charge is -2.09. The number of nitrogens with two attached hydrogens (primary N) is 1. The molecule has 4 nitrogen and oxygen atoms in total. The van der Waals surface area contributed by atoms with Gasteiger partial charge < -0.3 is 16.2 Å². The number of phenols is 1. The second-order valence-electron chi connectivity index (χ2n) is 3.76. The third-order valence-corrected chi connectivity index (χ3v) is 2.47. The van der Waals surface area contributed by atoms with E-state index in [2.05, 4.69) is 5.32 Å². The summed E-state index contributed by atoms with van der Waals surface area (Å²) in [6.07, 6.45) is 0.370. The Morgan fingerprint density at radius 2 is 2.31 bits per heavy atom. The molecular formula is C11H15ClN2O2. The first-order chi connectivity index (χ1) is 7.52. The Morgan fingerprint density at radius 3 is 2.88 bits per heavy atom. The van der Waals surface area contributed by atoms with Crippen molar-refractivity contribution in [2.45, 2.75) is 13.3 Å². The Hall–Kier alpha value is -1.26. The van der Waals surface area contributed by atoms with E-state index < -0.39 is 0 Å². The molecular weight excluding hydrogens is 228 g/mol. The maximum Gasteiger partial charge on any atom is 0.224 e. The molecule has 1 amide bonds. The van der Waals surface area contributed by atoms with Gasteiger partial charge in [-0.25, -0.2) is 0 Å². The van der Waals surface area contributed by atoms with E-state index in [4.69, 9.17) is 17.3 Å². The highest BCUT2D eigenvalue weighted by Crippen LogP contribution is 2.26. The minimum Gasteiger partial charge on any atom is -0.506 e. The van der Waals surface area contributed by atoms with Gasteiger partial charge in [0, 0.05) is 12.1 Å². The van der Waals surface area contributed by atoms with E-state index in [9.17, 15) is 9.90 Å². The summed E-state index contributed by atoms with van der Waals surface area (Å²) in [4.78, 5) is 11.5. The Labute approximate surface area is 99.4 Å². The number of halogens is 1. The number of anilines is 1. The largest absolute Gasteiger partial charge is 0.506 e. The predicted octanol–water partition coefficient (Wildman–Crippen LogP) is 1.97. The van der Waals surface area contributed by atoms with Crippen LogP contribution < -0.4 is 11.1 Å². The molecule has 0 saturated heterocycles. The molecule has 0 saturated carbocycles. The van der Waals surface area contributed by atoms with Crippen LogP contribution in [0.4, 0.5) is 5.69 Å². The number of phenolic OH excluding ortho intramolecular Hbond substituents is 1.